The van der Waals surface area contributed by atoms with Crippen LogP contribution < -0.4 is 10.6 Å². The lowest BCUT2D eigenvalue weighted by molar-refractivity contribution is -0.115. The molecular formula is C17H20F3N5O2S2. The van der Waals surface area contributed by atoms with Crippen molar-refractivity contribution in [3.05, 3.63) is 29.8 Å². The monoisotopic (exact) mass is 447 g/mol. The van der Waals surface area contributed by atoms with Crippen LogP contribution in [-0.4, -0.2) is 65.8 Å². The number of morpholine rings is 1. The summed E-state index contributed by atoms with van der Waals surface area (Å²) in [5.74, 6) is -0.139. The van der Waals surface area contributed by atoms with Crippen molar-refractivity contribution in [1.29, 1.82) is 0 Å². The number of benzene rings is 1. The third kappa shape index (κ3) is 7.80. The van der Waals surface area contributed by atoms with Gasteiger partial charge in [-0.15, -0.1) is 10.2 Å². The van der Waals surface area contributed by atoms with Crippen LogP contribution in [0.3, 0.4) is 0 Å². The quantitative estimate of drug-likeness (QED) is 0.602. The Hall–Kier alpha value is -1.89. The van der Waals surface area contributed by atoms with Gasteiger partial charge in [0.15, 0.2) is 4.34 Å². The van der Waals surface area contributed by atoms with E-state index in [0.29, 0.717) is 10.0 Å². The first kappa shape index (κ1) is 21.8. The highest BCUT2D eigenvalue weighted by molar-refractivity contribution is 8.01. The molecule has 12 heteroatoms. The van der Waals surface area contributed by atoms with Crippen LogP contribution in [0.25, 0.3) is 0 Å². The number of carbonyl (C=O) groups is 1. The molecule has 1 aromatic heterocycles. The lowest BCUT2D eigenvalue weighted by Crippen LogP contribution is -2.35. The molecule has 1 fully saturated rings. The van der Waals surface area contributed by atoms with E-state index in [1.54, 1.807) is 0 Å². The topological polar surface area (TPSA) is 79.4 Å². The van der Waals surface area contributed by atoms with Crippen molar-refractivity contribution in [3.8, 4) is 0 Å². The molecular weight excluding hydrogens is 427 g/mol. The van der Waals surface area contributed by atoms with Crippen molar-refractivity contribution in [2.75, 3.05) is 49.2 Å². The van der Waals surface area contributed by atoms with Crippen molar-refractivity contribution < 1.29 is 22.7 Å². The number of amides is 1. The van der Waals surface area contributed by atoms with Crippen LogP contribution >= 0.6 is 23.1 Å². The summed E-state index contributed by atoms with van der Waals surface area (Å²) in [5.41, 5.74) is 1.85. The van der Waals surface area contributed by atoms with Crippen LogP contribution in [0.2, 0.25) is 0 Å². The normalized spacial score (nSPS) is 15.3. The number of nitrogens with zero attached hydrogens (tertiary/aromatic N) is 3. The van der Waals surface area contributed by atoms with E-state index in [0.717, 1.165) is 61.5 Å². The van der Waals surface area contributed by atoms with Gasteiger partial charge < -0.3 is 15.4 Å². The molecule has 0 saturated carbocycles. The molecule has 2 aromatic rings. The summed E-state index contributed by atoms with van der Waals surface area (Å²) < 4.78 is 42.3. The number of carbonyl (C=O) groups excluding carboxylic acids is 1. The smallest absolute Gasteiger partial charge is 0.379 e. The van der Waals surface area contributed by atoms with Gasteiger partial charge in [-0.2, -0.15) is 13.2 Å². The van der Waals surface area contributed by atoms with Crippen molar-refractivity contribution >= 4 is 39.8 Å². The maximum atomic E-state index is 12.2. The van der Waals surface area contributed by atoms with E-state index in [2.05, 4.69) is 25.7 Å². The predicted octanol–water partition coefficient (Wildman–Crippen LogP) is 3.08. The third-order valence-electron chi connectivity index (χ3n) is 3.92. The molecule has 0 aliphatic carbocycles. The van der Waals surface area contributed by atoms with E-state index < -0.39 is 12.7 Å². The number of rotatable bonds is 8. The minimum Gasteiger partial charge on any atom is -0.379 e. The molecule has 1 aliphatic heterocycles. The second kappa shape index (κ2) is 10.2. The first-order valence-corrected chi connectivity index (χ1v) is 10.6. The predicted molar refractivity (Wildman–Crippen MR) is 106 cm³/mol. The zero-order valence-electron chi connectivity index (χ0n) is 15.4. The average Bonchev–Trinajstić information content (AvgIpc) is 3.15. The zero-order valence-corrected chi connectivity index (χ0v) is 17.0. The fourth-order valence-electron chi connectivity index (χ4n) is 2.55. The molecule has 1 amide bonds. The number of halogens is 3. The van der Waals surface area contributed by atoms with Gasteiger partial charge in [0.25, 0.3) is 0 Å². The molecule has 1 saturated heterocycles. The number of hydrogen-bond acceptors (Lipinski definition) is 8. The van der Waals surface area contributed by atoms with Crippen molar-refractivity contribution in [2.45, 2.75) is 17.1 Å². The van der Waals surface area contributed by atoms with Crippen molar-refractivity contribution in [1.82, 2.24) is 15.1 Å². The average molecular weight is 448 g/mol. The van der Waals surface area contributed by atoms with E-state index >= 15 is 0 Å². The van der Waals surface area contributed by atoms with Crippen LogP contribution in [0.1, 0.15) is 5.56 Å². The highest BCUT2D eigenvalue weighted by Crippen LogP contribution is 2.26. The van der Waals surface area contributed by atoms with E-state index in [4.69, 9.17) is 4.74 Å². The Balaban J connectivity index is 1.40. The molecule has 7 nitrogen and oxygen atoms in total. The minimum absolute atomic E-state index is 0.0705. The summed E-state index contributed by atoms with van der Waals surface area (Å²) in [6.07, 6.45) is -4.32. The van der Waals surface area contributed by atoms with Gasteiger partial charge in [0.2, 0.25) is 11.0 Å². The number of nitrogens with one attached hydrogen (secondary N) is 2. The Kier molecular flexibility index (Phi) is 7.70. The Morgan fingerprint density at radius 2 is 1.93 bits per heavy atom. The van der Waals surface area contributed by atoms with Gasteiger partial charge in [0.05, 0.1) is 19.0 Å². The first-order valence-electron chi connectivity index (χ1n) is 8.83. The Morgan fingerprint density at radius 1 is 1.21 bits per heavy atom. The molecule has 0 unspecified atom stereocenters. The number of hydrogen-bond donors (Lipinski definition) is 2. The fraction of sp³-hybridized carbons (Fsp3) is 0.471. The Morgan fingerprint density at radius 3 is 2.62 bits per heavy atom. The van der Waals surface area contributed by atoms with Crippen LogP contribution in [0.4, 0.5) is 24.0 Å². The van der Waals surface area contributed by atoms with Gasteiger partial charge in [0.1, 0.15) is 6.54 Å². The second-order valence-electron chi connectivity index (χ2n) is 6.26. The second-order valence-corrected chi connectivity index (χ2v) is 8.46. The van der Waals surface area contributed by atoms with Gasteiger partial charge in [-0.05, 0) is 17.7 Å². The van der Waals surface area contributed by atoms with Gasteiger partial charge in [-0.3, -0.25) is 9.69 Å². The lowest BCUT2D eigenvalue weighted by Gasteiger charge is -2.26. The molecule has 2 heterocycles. The number of anilines is 2. The molecule has 0 spiro atoms. The van der Waals surface area contributed by atoms with E-state index in [9.17, 15) is 18.0 Å². The van der Waals surface area contributed by atoms with E-state index in [1.807, 2.05) is 24.3 Å². The molecule has 0 bridgehead atoms. The highest BCUT2D eigenvalue weighted by Gasteiger charge is 2.27. The summed E-state index contributed by atoms with van der Waals surface area (Å²) in [6.45, 7) is 2.99. The van der Waals surface area contributed by atoms with Gasteiger partial charge in [0, 0.05) is 25.3 Å². The van der Waals surface area contributed by atoms with Gasteiger partial charge in [-0.25, -0.2) is 0 Å². The number of thioether (sulfide) groups is 1. The summed E-state index contributed by atoms with van der Waals surface area (Å²) in [5, 5.41) is 12.4. The van der Waals surface area contributed by atoms with Crippen molar-refractivity contribution in [3.63, 3.8) is 0 Å². The molecule has 3 rings (SSSR count). The highest BCUT2D eigenvalue weighted by atomic mass is 32.2. The molecule has 1 aromatic carbocycles. The van der Waals surface area contributed by atoms with Crippen LogP contribution in [0.15, 0.2) is 28.6 Å². The zero-order chi connectivity index (χ0) is 20.7. The summed E-state index contributed by atoms with van der Waals surface area (Å²) in [6, 6.07) is 7.65. The molecule has 2 N–H and O–H groups in total. The van der Waals surface area contributed by atoms with Crippen LogP contribution in [0, 0.1) is 0 Å². The number of alkyl halides is 3. The van der Waals surface area contributed by atoms with Crippen LogP contribution in [0.5, 0.6) is 0 Å². The molecule has 0 atom stereocenters. The lowest BCUT2D eigenvalue weighted by atomic mass is 10.2. The molecule has 0 radical (unpaired) electrons. The summed E-state index contributed by atoms with van der Waals surface area (Å²) in [7, 11) is 0. The SMILES string of the molecule is O=C(CSc1nnc(NCC(F)(F)F)s1)Nc1ccc(CN2CCOCC2)cc1. The maximum absolute atomic E-state index is 12.2. The molecule has 1 aliphatic rings. The number of aromatic nitrogens is 2. The van der Waals surface area contributed by atoms with E-state index in [-0.39, 0.29) is 16.8 Å². The molecule has 29 heavy (non-hydrogen) atoms. The maximum Gasteiger partial charge on any atom is 0.405 e. The largest absolute Gasteiger partial charge is 0.405 e. The third-order valence-corrected chi connectivity index (χ3v) is 5.94. The minimum atomic E-state index is -4.32. The number of ether oxygens (including phenoxy) is 1. The van der Waals surface area contributed by atoms with E-state index in [1.165, 1.54) is 0 Å². The van der Waals surface area contributed by atoms with Gasteiger partial charge >= 0.3 is 6.18 Å². The van der Waals surface area contributed by atoms with Gasteiger partial charge in [-0.1, -0.05) is 35.2 Å². The summed E-state index contributed by atoms with van der Waals surface area (Å²) in [4.78, 5) is 14.4. The fourth-order valence-corrected chi connectivity index (χ4v) is 4.10. The standard InChI is InChI=1S/C17H20F3N5O2S2/c18-17(19,20)11-21-15-23-24-16(29-15)28-10-14(26)22-13-3-1-12(2-4-13)9-25-5-7-27-8-6-25/h1-4H,5-11H2,(H,21,23)(H,22,26). The Labute approximate surface area is 174 Å². The van der Waals surface area contributed by atoms with Crippen molar-refractivity contribution in [2.24, 2.45) is 0 Å². The Bertz CT molecular complexity index is 795. The van der Waals surface area contributed by atoms with Crippen LogP contribution in [-0.2, 0) is 16.1 Å². The summed E-state index contributed by atoms with van der Waals surface area (Å²) >= 11 is 2.10. The molecule has 158 valence electrons. The first-order chi connectivity index (χ1) is 13.9.